The van der Waals surface area contributed by atoms with Crippen LogP contribution in [0.3, 0.4) is 0 Å². The molecule has 0 aliphatic carbocycles. The molecule has 0 N–H and O–H groups in total. The standard InChI is InChI=1S/C23H28N2O/c1-5-9-19-12-13-21(26-17-18-10-7-6-8-11-18)22-20(14-15-24(2)3)16-25(4)23(19)22/h5-8,10-13,16H,1,9,14-15,17H2,2-4H3. The summed E-state index contributed by atoms with van der Waals surface area (Å²) in [6.07, 6.45) is 6.08. The predicted octanol–water partition coefficient (Wildman–Crippen LogP) is 4.59. The molecular weight excluding hydrogens is 320 g/mol. The maximum Gasteiger partial charge on any atom is 0.129 e. The molecule has 2 aromatic carbocycles. The van der Waals surface area contributed by atoms with Crippen molar-refractivity contribution in [1.29, 1.82) is 0 Å². The van der Waals surface area contributed by atoms with Crippen molar-refractivity contribution in [3.8, 4) is 5.75 Å². The zero-order valence-corrected chi connectivity index (χ0v) is 16.0. The molecule has 26 heavy (non-hydrogen) atoms. The Morgan fingerprint density at radius 2 is 1.85 bits per heavy atom. The Morgan fingerprint density at radius 3 is 2.54 bits per heavy atom. The summed E-state index contributed by atoms with van der Waals surface area (Å²) >= 11 is 0. The van der Waals surface area contributed by atoms with Crippen LogP contribution in [0.25, 0.3) is 10.9 Å². The van der Waals surface area contributed by atoms with Crippen LogP contribution in [0.4, 0.5) is 0 Å². The topological polar surface area (TPSA) is 17.4 Å². The van der Waals surface area contributed by atoms with Crippen LogP contribution in [0, 0.1) is 0 Å². The Morgan fingerprint density at radius 1 is 1.08 bits per heavy atom. The van der Waals surface area contributed by atoms with Gasteiger partial charge in [0.05, 0.1) is 5.52 Å². The molecule has 0 fully saturated rings. The van der Waals surface area contributed by atoms with Gasteiger partial charge >= 0.3 is 0 Å². The van der Waals surface area contributed by atoms with Gasteiger partial charge in [-0.1, -0.05) is 42.5 Å². The van der Waals surface area contributed by atoms with Crippen molar-refractivity contribution in [2.45, 2.75) is 19.4 Å². The fourth-order valence-corrected chi connectivity index (χ4v) is 3.40. The van der Waals surface area contributed by atoms with Gasteiger partial charge in [0.2, 0.25) is 0 Å². The molecule has 0 amide bonds. The van der Waals surface area contributed by atoms with Gasteiger partial charge < -0.3 is 14.2 Å². The van der Waals surface area contributed by atoms with Crippen LogP contribution in [-0.4, -0.2) is 30.1 Å². The average molecular weight is 348 g/mol. The number of aryl methyl sites for hydroxylation is 1. The van der Waals surface area contributed by atoms with E-state index in [1.807, 2.05) is 24.3 Å². The molecule has 0 saturated carbocycles. The largest absolute Gasteiger partial charge is 0.488 e. The summed E-state index contributed by atoms with van der Waals surface area (Å²) in [7, 11) is 6.34. The van der Waals surface area contributed by atoms with Crippen molar-refractivity contribution in [3.05, 3.63) is 78.0 Å². The fraction of sp³-hybridized carbons (Fsp3) is 0.304. The molecule has 1 heterocycles. The first-order chi connectivity index (χ1) is 12.6. The number of allylic oxidation sites excluding steroid dienone is 1. The van der Waals surface area contributed by atoms with E-state index in [2.05, 4.69) is 67.7 Å². The van der Waals surface area contributed by atoms with E-state index >= 15 is 0 Å². The van der Waals surface area contributed by atoms with Crippen LogP contribution >= 0.6 is 0 Å². The average Bonchev–Trinajstić information content (AvgIpc) is 2.97. The minimum atomic E-state index is 0.582. The highest BCUT2D eigenvalue weighted by molar-refractivity contribution is 5.92. The second-order valence-corrected chi connectivity index (χ2v) is 7.03. The number of aromatic nitrogens is 1. The van der Waals surface area contributed by atoms with E-state index in [0.29, 0.717) is 6.61 Å². The van der Waals surface area contributed by atoms with Crippen molar-refractivity contribution < 1.29 is 4.74 Å². The number of nitrogens with zero attached hydrogens (tertiary/aromatic N) is 2. The molecule has 0 unspecified atom stereocenters. The first kappa shape index (κ1) is 18.3. The maximum absolute atomic E-state index is 6.25. The van der Waals surface area contributed by atoms with Crippen molar-refractivity contribution in [2.75, 3.05) is 20.6 Å². The third-order valence-electron chi connectivity index (χ3n) is 4.68. The molecule has 3 aromatic rings. The highest BCUT2D eigenvalue weighted by Gasteiger charge is 2.15. The summed E-state index contributed by atoms with van der Waals surface area (Å²) < 4.78 is 8.48. The van der Waals surface area contributed by atoms with Crippen LogP contribution in [0.5, 0.6) is 5.75 Å². The summed E-state index contributed by atoms with van der Waals surface area (Å²) in [5, 5.41) is 1.24. The van der Waals surface area contributed by atoms with Crippen molar-refractivity contribution >= 4 is 10.9 Å². The molecule has 0 spiro atoms. The Bertz CT molecular complexity index is 878. The third kappa shape index (κ3) is 4.00. The van der Waals surface area contributed by atoms with Crippen LogP contribution in [-0.2, 0) is 26.5 Å². The van der Waals surface area contributed by atoms with Gasteiger partial charge in [0, 0.05) is 25.2 Å². The molecule has 0 bridgehead atoms. The number of rotatable bonds is 8. The summed E-state index contributed by atoms with van der Waals surface area (Å²) in [5.41, 5.74) is 5.07. The lowest BCUT2D eigenvalue weighted by Crippen LogP contribution is -2.15. The number of ether oxygens (including phenoxy) is 1. The van der Waals surface area contributed by atoms with Gasteiger partial charge in [0.15, 0.2) is 0 Å². The van der Waals surface area contributed by atoms with Crippen LogP contribution in [0.2, 0.25) is 0 Å². The Balaban J connectivity index is 2.00. The summed E-state index contributed by atoms with van der Waals surface area (Å²) in [6.45, 7) is 5.51. The number of hydrogen-bond acceptors (Lipinski definition) is 2. The van der Waals surface area contributed by atoms with Crippen molar-refractivity contribution in [3.63, 3.8) is 0 Å². The summed E-state index contributed by atoms with van der Waals surface area (Å²) in [6, 6.07) is 14.6. The van der Waals surface area contributed by atoms with Crippen LogP contribution in [0.1, 0.15) is 16.7 Å². The SMILES string of the molecule is C=CCc1ccc(OCc2ccccc2)c2c(CCN(C)C)cn(C)c12. The number of hydrogen-bond donors (Lipinski definition) is 0. The molecule has 136 valence electrons. The molecule has 3 rings (SSSR count). The normalized spacial score (nSPS) is 11.2. The molecular formula is C23H28N2O. The van der Waals surface area contributed by atoms with E-state index in [0.717, 1.165) is 25.1 Å². The monoisotopic (exact) mass is 348 g/mol. The zero-order valence-electron chi connectivity index (χ0n) is 16.0. The second kappa shape index (κ2) is 8.24. The van der Waals surface area contributed by atoms with Gasteiger partial charge in [-0.25, -0.2) is 0 Å². The number of likely N-dealkylation sites (N-methyl/N-ethyl adjacent to an activating group) is 1. The molecule has 0 saturated heterocycles. The van der Waals surface area contributed by atoms with Gasteiger partial charge in [0.1, 0.15) is 12.4 Å². The number of benzene rings is 2. The molecule has 3 nitrogen and oxygen atoms in total. The highest BCUT2D eigenvalue weighted by Crippen LogP contribution is 2.34. The predicted molar refractivity (Wildman–Crippen MR) is 110 cm³/mol. The Hall–Kier alpha value is -2.52. The van der Waals surface area contributed by atoms with E-state index in [4.69, 9.17) is 4.74 Å². The van der Waals surface area contributed by atoms with Gasteiger partial charge in [0.25, 0.3) is 0 Å². The number of fused-ring (bicyclic) bond motifs is 1. The van der Waals surface area contributed by atoms with E-state index in [1.54, 1.807) is 0 Å². The van der Waals surface area contributed by atoms with Gasteiger partial charge in [-0.3, -0.25) is 0 Å². The Labute approximate surface area is 156 Å². The summed E-state index contributed by atoms with van der Waals surface area (Å²) in [5.74, 6) is 0.964. The lowest BCUT2D eigenvalue weighted by molar-refractivity contribution is 0.310. The van der Waals surface area contributed by atoms with E-state index in [-0.39, 0.29) is 0 Å². The van der Waals surface area contributed by atoms with E-state index in [9.17, 15) is 0 Å². The molecule has 0 aliphatic heterocycles. The maximum atomic E-state index is 6.25. The second-order valence-electron chi connectivity index (χ2n) is 7.03. The van der Waals surface area contributed by atoms with Gasteiger partial charge in [-0.15, -0.1) is 6.58 Å². The summed E-state index contributed by atoms with van der Waals surface area (Å²) in [4.78, 5) is 2.22. The van der Waals surface area contributed by atoms with Crippen LogP contribution in [0.15, 0.2) is 61.3 Å². The quantitative estimate of drug-likeness (QED) is 0.554. The molecule has 0 atom stereocenters. The highest BCUT2D eigenvalue weighted by atomic mass is 16.5. The first-order valence-electron chi connectivity index (χ1n) is 9.12. The minimum Gasteiger partial charge on any atom is -0.488 e. The van der Waals surface area contributed by atoms with Crippen molar-refractivity contribution in [1.82, 2.24) is 9.47 Å². The lowest BCUT2D eigenvalue weighted by atomic mass is 10.0. The van der Waals surface area contributed by atoms with Crippen molar-refractivity contribution in [2.24, 2.45) is 7.05 Å². The Kier molecular flexibility index (Phi) is 5.79. The minimum absolute atomic E-state index is 0.582. The molecule has 3 heteroatoms. The third-order valence-corrected chi connectivity index (χ3v) is 4.68. The molecule has 0 aliphatic rings. The fourth-order valence-electron chi connectivity index (χ4n) is 3.40. The molecule has 0 radical (unpaired) electrons. The lowest BCUT2D eigenvalue weighted by Gasteiger charge is -2.13. The van der Waals surface area contributed by atoms with Gasteiger partial charge in [-0.05, 0) is 49.7 Å². The first-order valence-corrected chi connectivity index (χ1v) is 9.12. The smallest absolute Gasteiger partial charge is 0.129 e. The van der Waals surface area contributed by atoms with Crippen LogP contribution < -0.4 is 4.74 Å². The van der Waals surface area contributed by atoms with Gasteiger partial charge in [-0.2, -0.15) is 0 Å². The van der Waals surface area contributed by atoms with E-state index < -0.39 is 0 Å². The molecule has 1 aromatic heterocycles. The zero-order chi connectivity index (χ0) is 18.5. The van der Waals surface area contributed by atoms with E-state index in [1.165, 1.54) is 27.6 Å².